The maximum atomic E-state index is 5.64. The number of hydrogen-bond donors (Lipinski definition) is 0. The van der Waals surface area contributed by atoms with Gasteiger partial charge in [-0.05, 0) is 18.6 Å². The SMILES string of the molecule is CCCCCCCCCCCCOCCOCCOCCOCCOCCOCCOCCOc1ccccc1. The van der Waals surface area contributed by atoms with Gasteiger partial charge in [-0.25, -0.2) is 0 Å². The minimum absolute atomic E-state index is 0.529. The van der Waals surface area contributed by atoms with E-state index in [1.54, 1.807) is 0 Å². The van der Waals surface area contributed by atoms with Gasteiger partial charge in [-0.1, -0.05) is 82.9 Å². The van der Waals surface area contributed by atoms with Crippen LogP contribution in [-0.4, -0.2) is 99.1 Å². The molecule has 1 aromatic carbocycles. The summed E-state index contributed by atoms with van der Waals surface area (Å²) in [6, 6.07) is 9.71. The third kappa shape index (κ3) is 28.3. The number of unbranched alkanes of at least 4 members (excludes halogenated alkanes) is 9. The zero-order chi connectivity index (χ0) is 28.4. The standard InChI is InChI=1S/C32H58O8/c1-2-3-4-5-6-7-8-9-10-14-17-33-18-19-34-20-21-35-22-23-36-24-25-37-26-27-38-28-29-39-30-31-40-32-15-12-11-13-16-32/h11-13,15-16H,2-10,14,17-31H2,1H3. The fourth-order valence-corrected chi connectivity index (χ4v) is 3.85. The van der Waals surface area contributed by atoms with E-state index in [1.807, 2.05) is 30.3 Å². The summed E-state index contributed by atoms with van der Waals surface area (Å²) in [5.74, 6) is 0.854. The first-order valence-electron chi connectivity index (χ1n) is 15.7. The molecule has 40 heavy (non-hydrogen) atoms. The second-order valence-corrected chi connectivity index (χ2v) is 9.63. The average Bonchev–Trinajstić information content (AvgIpc) is 2.98. The van der Waals surface area contributed by atoms with Gasteiger partial charge < -0.3 is 37.9 Å². The van der Waals surface area contributed by atoms with Crippen LogP contribution in [0.2, 0.25) is 0 Å². The Morgan fingerprint density at radius 3 is 1.07 bits per heavy atom. The van der Waals surface area contributed by atoms with Gasteiger partial charge in [0.15, 0.2) is 0 Å². The van der Waals surface area contributed by atoms with Crippen molar-refractivity contribution in [1.82, 2.24) is 0 Å². The largest absolute Gasteiger partial charge is 0.491 e. The molecule has 0 saturated heterocycles. The van der Waals surface area contributed by atoms with E-state index in [9.17, 15) is 0 Å². The molecule has 0 unspecified atom stereocenters. The summed E-state index contributed by atoms with van der Waals surface area (Å²) in [7, 11) is 0. The summed E-state index contributed by atoms with van der Waals surface area (Å²) in [6.07, 6.45) is 13.5. The highest BCUT2D eigenvalue weighted by molar-refractivity contribution is 5.20. The Labute approximate surface area is 244 Å². The molecule has 0 aliphatic heterocycles. The highest BCUT2D eigenvalue weighted by Gasteiger charge is 1.97. The van der Waals surface area contributed by atoms with Crippen LogP contribution in [0.1, 0.15) is 71.1 Å². The van der Waals surface area contributed by atoms with Crippen LogP contribution in [-0.2, 0) is 33.2 Å². The molecule has 234 valence electrons. The molecule has 0 atom stereocenters. The van der Waals surface area contributed by atoms with Gasteiger partial charge >= 0.3 is 0 Å². The third-order valence-electron chi connectivity index (χ3n) is 6.11. The normalized spacial score (nSPS) is 11.3. The van der Waals surface area contributed by atoms with Crippen molar-refractivity contribution < 1.29 is 37.9 Å². The molecule has 0 N–H and O–H groups in total. The van der Waals surface area contributed by atoms with Crippen LogP contribution in [0, 0.1) is 0 Å². The lowest BCUT2D eigenvalue weighted by Gasteiger charge is -2.09. The minimum Gasteiger partial charge on any atom is -0.491 e. The molecular weight excluding hydrogens is 512 g/mol. The molecule has 0 saturated carbocycles. The zero-order valence-corrected chi connectivity index (χ0v) is 25.3. The molecule has 8 nitrogen and oxygen atoms in total. The van der Waals surface area contributed by atoms with Crippen LogP contribution in [0.5, 0.6) is 5.75 Å². The summed E-state index contributed by atoms with van der Waals surface area (Å²) in [4.78, 5) is 0. The predicted octanol–water partition coefficient (Wildman–Crippen LogP) is 6.10. The van der Waals surface area contributed by atoms with Crippen molar-refractivity contribution in [1.29, 1.82) is 0 Å². The van der Waals surface area contributed by atoms with E-state index in [4.69, 9.17) is 37.9 Å². The quantitative estimate of drug-likeness (QED) is 0.0939. The van der Waals surface area contributed by atoms with E-state index in [0.29, 0.717) is 92.5 Å². The monoisotopic (exact) mass is 570 g/mol. The molecule has 0 radical (unpaired) electrons. The summed E-state index contributed by atoms with van der Waals surface area (Å²) in [5, 5.41) is 0. The molecule has 0 aliphatic rings. The third-order valence-corrected chi connectivity index (χ3v) is 6.11. The fourth-order valence-electron chi connectivity index (χ4n) is 3.85. The van der Waals surface area contributed by atoms with Crippen molar-refractivity contribution >= 4 is 0 Å². The van der Waals surface area contributed by atoms with Crippen molar-refractivity contribution in [3.05, 3.63) is 30.3 Å². The molecule has 0 aliphatic carbocycles. The van der Waals surface area contributed by atoms with Crippen LogP contribution in [0.4, 0.5) is 0 Å². The summed E-state index contributed by atoms with van der Waals surface area (Å²) >= 11 is 0. The van der Waals surface area contributed by atoms with Crippen LogP contribution in [0.15, 0.2) is 30.3 Å². The highest BCUT2D eigenvalue weighted by Crippen LogP contribution is 2.10. The van der Waals surface area contributed by atoms with Crippen LogP contribution in [0.3, 0.4) is 0 Å². The molecule has 0 bridgehead atoms. The molecule has 0 aromatic heterocycles. The maximum Gasteiger partial charge on any atom is 0.119 e. The van der Waals surface area contributed by atoms with E-state index in [-0.39, 0.29) is 0 Å². The van der Waals surface area contributed by atoms with Gasteiger partial charge in [0, 0.05) is 6.61 Å². The zero-order valence-electron chi connectivity index (χ0n) is 25.3. The Hall–Kier alpha value is -1.26. The maximum absolute atomic E-state index is 5.64. The Morgan fingerprint density at radius 1 is 0.350 bits per heavy atom. The van der Waals surface area contributed by atoms with E-state index in [0.717, 1.165) is 18.8 Å². The number of hydrogen-bond acceptors (Lipinski definition) is 8. The number of para-hydroxylation sites is 1. The lowest BCUT2D eigenvalue weighted by molar-refractivity contribution is -0.0213. The van der Waals surface area contributed by atoms with E-state index in [1.165, 1.54) is 57.8 Å². The lowest BCUT2D eigenvalue weighted by atomic mass is 10.1. The van der Waals surface area contributed by atoms with Gasteiger partial charge in [-0.15, -0.1) is 0 Å². The molecule has 8 heteroatoms. The van der Waals surface area contributed by atoms with E-state index < -0.39 is 0 Å². The second-order valence-electron chi connectivity index (χ2n) is 9.63. The lowest BCUT2D eigenvalue weighted by Crippen LogP contribution is -2.15. The first-order chi connectivity index (χ1) is 19.9. The fraction of sp³-hybridized carbons (Fsp3) is 0.812. The molecule has 0 spiro atoms. The molecule has 1 rings (SSSR count). The predicted molar refractivity (Wildman–Crippen MR) is 160 cm³/mol. The van der Waals surface area contributed by atoms with Gasteiger partial charge in [0.2, 0.25) is 0 Å². The molecule has 0 fully saturated rings. The van der Waals surface area contributed by atoms with Crippen molar-refractivity contribution in [2.24, 2.45) is 0 Å². The number of benzene rings is 1. The first-order valence-corrected chi connectivity index (χ1v) is 15.7. The van der Waals surface area contributed by atoms with Crippen LogP contribution >= 0.6 is 0 Å². The van der Waals surface area contributed by atoms with Crippen molar-refractivity contribution in [2.45, 2.75) is 71.1 Å². The Bertz CT molecular complexity index is 590. The number of rotatable bonds is 33. The van der Waals surface area contributed by atoms with Crippen LogP contribution < -0.4 is 4.74 Å². The summed E-state index contributed by atoms with van der Waals surface area (Å²) in [6.45, 7) is 10.9. The van der Waals surface area contributed by atoms with Crippen molar-refractivity contribution in [3.8, 4) is 5.75 Å². The Kier molecular flexibility index (Phi) is 29.6. The van der Waals surface area contributed by atoms with Gasteiger partial charge in [0.05, 0.1) is 85.9 Å². The second kappa shape index (κ2) is 32.3. The van der Waals surface area contributed by atoms with Gasteiger partial charge in [-0.2, -0.15) is 0 Å². The topological polar surface area (TPSA) is 73.8 Å². The Balaban J connectivity index is 1.62. The highest BCUT2D eigenvalue weighted by atomic mass is 16.6. The van der Waals surface area contributed by atoms with Crippen molar-refractivity contribution in [3.63, 3.8) is 0 Å². The Morgan fingerprint density at radius 2 is 0.675 bits per heavy atom. The summed E-state index contributed by atoms with van der Waals surface area (Å²) < 4.78 is 44.2. The van der Waals surface area contributed by atoms with Gasteiger partial charge in [0.25, 0.3) is 0 Å². The van der Waals surface area contributed by atoms with Crippen LogP contribution in [0.25, 0.3) is 0 Å². The van der Waals surface area contributed by atoms with Gasteiger partial charge in [-0.3, -0.25) is 0 Å². The smallest absolute Gasteiger partial charge is 0.119 e. The average molecular weight is 571 g/mol. The van der Waals surface area contributed by atoms with E-state index in [2.05, 4.69) is 6.92 Å². The van der Waals surface area contributed by atoms with Crippen molar-refractivity contribution in [2.75, 3.05) is 99.1 Å². The summed E-state index contributed by atoms with van der Waals surface area (Å²) in [5.41, 5.74) is 0. The minimum atomic E-state index is 0.529. The molecule has 0 heterocycles. The van der Waals surface area contributed by atoms with Gasteiger partial charge in [0.1, 0.15) is 12.4 Å². The first kappa shape index (κ1) is 36.8. The van der Waals surface area contributed by atoms with E-state index >= 15 is 0 Å². The number of ether oxygens (including phenoxy) is 8. The molecule has 0 amide bonds. The molecule has 1 aromatic rings. The molecular formula is C32H58O8.